The second kappa shape index (κ2) is 7.67. The Morgan fingerprint density at radius 1 is 0.889 bits per heavy atom. The molecule has 1 nitrogen and oxygen atoms in total. The van der Waals surface area contributed by atoms with Gasteiger partial charge in [-0.3, -0.25) is 4.79 Å². The summed E-state index contributed by atoms with van der Waals surface area (Å²) in [5.74, 6) is 0.671. The van der Waals surface area contributed by atoms with Gasteiger partial charge in [0.15, 0.2) is 0 Å². The van der Waals surface area contributed by atoms with Crippen molar-refractivity contribution in [1.82, 2.24) is 0 Å². The first kappa shape index (κ1) is 16.2. The lowest BCUT2D eigenvalue weighted by Gasteiger charge is -2.31. The maximum Gasteiger partial charge on any atom is 0.150 e. The van der Waals surface area contributed by atoms with Gasteiger partial charge in [0, 0.05) is 5.92 Å². The van der Waals surface area contributed by atoms with Crippen LogP contribution in [0.4, 0.5) is 0 Å². The molecular weight excluding hydrogens is 288 g/mol. The number of alkyl halides is 1. The van der Waals surface area contributed by atoms with E-state index in [0.29, 0.717) is 5.78 Å². The van der Waals surface area contributed by atoms with Gasteiger partial charge in [-0.15, -0.1) is 0 Å². The van der Waals surface area contributed by atoms with Crippen LogP contribution in [0, 0.1) is 11.3 Å². The lowest BCUT2D eigenvalue weighted by atomic mass is 9.74. The molecule has 1 rings (SSSR count). The van der Waals surface area contributed by atoms with Crippen LogP contribution in [0.25, 0.3) is 0 Å². The summed E-state index contributed by atoms with van der Waals surface area (Å²) in [7, 11) is 0. The minimum atomic E-state index is 0.0844. The van der Waals surface area contributed by atoms with E-state index in [-0.39, 0.29) is 16.2 Å². The van der Waals surface area contributed by atoms with Gasteiger partial charge in [0.1, 0.15) is 5.78 Å². The van der Waals surface area contributed by atoms with Gasteiger partial charge in [0.25, 0.3) is 0 Å². The van der Waals surface area contributed by atoms with Gasteiger partial charge < -0.3 is 0 Å². The highest BCUT2D eigenvalue weighted by Crippen LogP contribution is 2.34. The van der Waals surface area contributed by atoms with Gasteiger partial charge in [-0.2, -0.15) is 0 Å². The zero-order valence-electron chi connectivity index (χ0n) is 12.3. The van der Waals surface area contributed by atoms with E-state index in [1.54, 1.807) is 0 Å². The SMILES string of the molecule is CC(C)(C)C1CCCCCCCCC[C@@H](Br)C1=O. The molecule has 2 atom stereocenters. The molecule has 0 saturated heterocycles. The summed E-state index contributed by atoms with van der Waals surface area (Å²) < 4.78 is 0. The molecule has 1 aliphatic carbocycles. The number of carbonyl (C=O) groups excluding carboxylic acids is 1. The van der Waals surface area contributed by atoms with Crippen molar-refractivity contribution in [3.05, 3.63) is 0 Å². The lowest BCUT2D eigenvalue weighted by molar-refractivity contribution is -0.125. The normalized spacial score (nSPS) is 29.4. The van der Waals surface area contributed by atoms with Crippen LogP contribution in [0.15, 0.2) is 0 Å². The van der Waals surface area contributed by atoms with Gasteiger partial charge in [-0.05, 0) is 18.3 Å². The molecule has 0 spiro atoms. The molecule has 0 aromatic heterocycles. The maximum absolute atomic E-state index is 12.6. The van der Waals surface area contributed by atoms with Crippen LogP contribution in [0.3, 0.4) is 0 Å². The highest BCUT2D eigenvalue weighted by atomic mass is 79.9. The zero-order valence-corrected chi connectivity index (χ0v) is 13.9. The molecule has 1 saturated carbocycles. The third kappa shape index (κ3) is 5.42. The zero-order chi connectivity index (χ0) is 13.6. The Morgan fingerprint density at radius 2 is 1.33 bits per heavy atom. The van der Waals surface area contributed by atoms with Gasteiger partial charge in [0.2, 0.25) is 0 Å². The van der Waals surface area contributed by atoms with Crippen molar-refractivity contribution >= 4 is 21.7 Å². The first-order valence-electron chi connectivity index (χ1n) is 7.60. The van der Waals surface area contributed by atoms with Gasteiger partial charge in [0.05, 0.1) is 4.83 Å². The minimum Gasteiger partial charge on any atom is -0.298 e. The van der Waals surface area contributed by atoms with Gasteiger partial charge in [-0.1, -0.05) is 81.6 Å². The number of Topliss-reactive ketones (excluding diaryl/α,β-unsaturated/α-hetero) is 1. The summed E-state index contributed by atoms with van der Waals surface area (Å²) in [5, 5.41) is 0. The summed E-state index contributed by atoms with van der Waals surface area (Å²) in [6.07, 6.45) is 11.2. The second-order valence-electron chi connectivity index (χ2n) is 6.84. The van der Waals surface area contributed by atoms with Gasteiger partial charge in [-0.25, -0.2) is 0 Å². The predicted molar refractivity (Wildman–Crippen MR) is 82.2 cm³/mol. The standard InChI is InChI=1S/C16H29BrO/c1-16(2,3)13-11-9-7-5-4-6-8-10-12-14(17)15(13)18/h13-14H,4-12H2,1-3H3/t13?,14-/m1/s1. The molecule has 0 bridgehead atoms. The first-order chi connectivity index (χ1) is 8.43. The smallest absolute Gasteiger partial charge is 0.150 e. The van der Waals surface area contributed by atoms with Crippen molar-refractivity contribution in [1.29, 1.82) is 0 Å². The van der Waals surface area contributed by atoms with Crippen molar-refractivity contribution in [2.45, 2.75) is 83.4 Å². The summed E-state index contributed by atoms with van der Waals surface area (Å²) in [6, 6.07) is 0. The number of carbonyl (C=O) groups is 1. The Bertz CT molecular complexity index is 254. The van der Waals surface area contributed by atoms with Crippen LogP contribution in [0.2, 0.25) is 0 Å². The molecule has 0 amide bonds. The van der Waals surface area contributed by atoms with Crippen LogP contribution < -0.4 is 0 Å². The fourth-order valence-corrected chi connectivity index (χ4v) is 3.56. The second-order valence-corrected chi connectivity index (χ2v) is 7.95. The number of ketones is 1. The summed E-state index contributed by atoms with van der Waals surface area (Å²) in [6.45, 7) is 6.63. The van der Waals surface area contributed by atoms with E-state index in [1.165, 1.54) is 44.9 Å². The lowest BCUT2D eigenvalue weighted by Crippen LogP contribution is -2.33. The van der Waals surface area contributed by atoms with Gasteiger partial charge >= 0.3 is 0 Å². The van der Waals surface area contributed by atoms with Crippen molar-refractivity contribution in [2.75, 3.05) is 0 Å². The largest absolute Gasteiger partial charge is 0.298 e. The minimum absolute atomic E-state index is 0.0844. The molecule has 1 fully saturated rings. The Balaban J connectivity index is 2.67. The van der Waals surface area contributed by atoms with Crippen LogP contribution in [0.5, 0.6) is 0 Å². The average Bonchev–Trinajstić information content (AvgIpc) is 2.27. The van der Waals surface area contributed by atoms with E-state index in [9.17, 15) is 4.79 Å². The van der Waals surface area contributed by atoms with Crippen molar-refractivity contribution in [2.24, 2.45) is 11.3 Å². The third-order valence-electron chi connectivity index (χ3n) is 4.15. The molecule has 1 unspecified atom stereocenters. The van der Waals surface area contributed by atoms with E-state index < -0.39 is 0 Å². The van der Waals surface area contributed by atoms with Crippen molar-refractivity contribution in [3.63, 3.8) is 0 Å². The number of hydrogen-bond donors (Lipinski definition) is 0. The Kier molecular flexibility index (Phi) is 6.90. The predicted octanol–water partition coefficient (Wildman–Crippen LogP) is 5.51. The molecule has 18 heavy (non-hydrogen) atoms. The van der Waals surface area contributed by atoms with E-state index >= 15 is 0 Å². The Morgan fingerprint density at radius 3 is 1.83 bits per heavy atom. The monoisotopic (exact) mass is 316 g/mol. The molecule has 0 aliphatic heterocycles. The molecular formula is C16H29BrO. The quantitative estimate of drug-likeness (QED) is 0.539. The summed E-state index contributed by atoms with van der Waals surface area (Å²) >= 11 is 3.63. The summed E-state index contributed by atoms with van der Waals surface area (Å²) in [5.41, 5.74) is 0.104. The molecule has 0 aromatic carbocycles. The molecule has 0 aromatic rings. The molecule has 2 heteroatoms. The number of halogens is 1. The van der Waals surface area contributed by atoms with Crippen molar-refractivity contribution < 1.29 is 4.79 Å². The van der Waals surface area contributed by atoms with E-state index in [1.807, 2.05) is 0 Å². The molecule has 0 N–H and O–H groups in total. The Hall–Kier alpha value is 0.150. The van der Waals surface area contributed by atoms with E-state index in [4.69, 9.17) is 0 Å². The highest BCUT2D eigenvalue weighted by molar-refractivity contribution is 9.10. The fourth-order valence-electron chi connectivity index (χ4n) is 2.92. The molecule has 0 heterocycles. The van der Waals surface area contributed by atoms with E-state index in [0.717, 1.165) is 12.8 Å². The van der Waals surface area contributed by atoms with Crippen LogP contribution >= 0.6 is 15.9 Å². The van der Waals surface area contributed by atoms with Crippen molar-refractivity contribution in [3.8, 4) is 0 Å². The maximum atomic E-state index is 12.6. The van der Waals surface area contributed by atoms with Crippen LogP contribution in [-0.2, 0) is 4.79 Å². The van der Waals surface area contributed by atoms with Crippen LogP contribution in [0.1, 0.15) is 78.6 Å². The Labute approximate surface area is 121 Å². The number of hydrogen-bond acceptors (Lipinski definition) is 1. The van der Waals surface area contributed by atoms with Crippen LogP contribution in [-0.4, -0.2) is 10.6 Å². The third-order valence-corrected chi connectivity index (χ3v) is 5.06. The number of rotatable bonds is 0. The molecule has 106 valence electrons. The summed E-state index contributed by atoms with van der Waals surface area (Å²) in [4.78, 5) is 12.6. The van der Waals surface area contributed by atoms with E-state index in [2.05, 4.69) is 36.7 Å². The molecule has 1 aliphatic rings. The first-order valence-corrected chi connectivity index (χ1v) is 8.52. The average molecular weight is 317 g/mol. The highest BCUT2D eigenvalue weighted by Gasteiger charge is 2.33. The molecule has 0 radical (unpaired) electrons. The fraction of sp³-hybridized carbons (Fsp3) is 0.938. The topological polar surface area (TPSA) is 17.1 Å².